The standard InChI is InChI=1S/C10H14F2N2OS/c1-14(4-8(11)12)10-13-9(6-2-3-6)7(5-15)16-10/h6,8,15H,2-5H2,1H3. The molecule has 0 radical (unpaired) electrons. The Balaban J connectivity index is 2.14. The molecule has 1 saturated carbocycles. The lowest BCUT2D eigenvalue weighted by molar-refractivity contribution is 0.156. The molecule has 1 aromatic rings. The molecule has 2 rings (SSSR count). The number of hydrogen-bond donors (Lipinski definition) is 1. The van der Waals surface area contributed by atoms with Gasteiger partial charge in [-0.05, 0) is 12.8 Å². The minimum Gasteiger partial charge on any atom is -0.391 e. The summed E-state index contributed by atoms with van der Waals surface area (Å²) in [5.41, 5.74) is 0.906. The molecule has 0 spiro atoms. The summed E-state index contributed by atoms with van der Waals surface area (Å²) in [5.74, 6) is 0.437. The molecule has 1 N–H and O–H groups in total. The zero-order chi connectivity index (χ0) is 11.7. The van der Waals surface area contributed by atoms with Gasteiger partial charge >= 0.3 is 0 Å². The third kappa shape index (κ3) is 2.49. The van der Waals surface area contributed by atoms with Crippen LogP contribution in [0.5, 0.6) is 0 Å². The zero-order valence-corrected chi connectivity index (χ0v) is 9.81. The quantitative estimate of drug-likeness (QED) is 0.868. The molecule has 16 heavy (non-hydrogen) atoms. The number of thiazole rings is 1. The number of aliphatic hydroxyl groups is 1. The van der Waals surface area contributed by atoms with E-state index in [1.807, 2.05) is 0 Å². The average Bonchev–Trinajstić information content (AvgIpc) is 2.96. The second-order valence-corrected chi connectivity index (χ2v) is 5.07. The molecule has 1 heterocycles. The Morgan fingerprint density at radius 2 is 2.25 bits per heavy atom. The van der Waals surface area contributed by atoms with Gasteiger partial charge in [0.05, 0.1) is 23.7 Å². The van der Waals surface area contributed by atoms with Crippen LogP contribution >= 0.6 is 11.3 Å². The maximum atomic E-state index is 12.2. The Morgan fingerprint density at radius 1 is 1.56 bits per heavy atom. The van der Waals surface area contributed by atoms with Crippen LogP contribution in [-0.4, -0.2) is 30.1 Å². The highest BCUT2D eigenvalue weighted by molar-refractivity contribution is 7.15. The molecule has 1 fully saturated rings. The maximum absolute atomic E-state index is 12.2. The van der Waals surface area contributed by atoms with E-state index in [1.54, 1.807) is 7.05 Å². The fraction of sp³-hybridized carbons (Fsp3) is 0.700. The predicted octanol–water partition coefficient (Wildman–Crippen LogP) is 2.21. The van der Waals surface area contributed by atoms with Gasteiger partial charge in [0.2, 0.25) is 0 Å². The van der Waals surface area contributed by atoms with E-state index in [2.05, 4.69) is 4.98 Å². The van der Waals surface area contributed by atoms with Crippen LogP contribution in [0.15, 0.2) is 0 Å². The van der Waals surface area contributed by atoms with Crippen molar-refractivity contribution in [3.63, 3.8) is 0 Å². The number of anilines is 1. The van der Waals surface area contributed by atoms with Gasteiger partial charge in [-0.15, -0.1) is 0 Å². The topological polar surface area (TPSA) is 36.4 Å². The molecule has 0 amide bonds. The first-order valence-electron chi connectivity index (χ1n) is 5.21. The van der Waals surface area contributed by atoms with E-state index in [0.717, 1.165) is 23.4 Å². The normalized spacial score (nSPS) is 15.8. The van der Waals surface area contributed by atoms with Crippen molar-refractivity contribution in [2.24, 2.45) is 0 Å². The average molecular weight is 248 g/mol. The first-order valence-corrected chi connectivity index (χ1v) is 6.03. The summed E-state index contributed by atoms with van der Waals surface area (Å²) in [6.45, 7) is -0.367. The number of rotatable bonds is 5. The van der Waals surface area contributed by atoms with Crippen molar-refractivity contribution in [2.75, 3.05) is 18.5 Å². The van der Waals surface area contributed by atoms with Crippen molar-refractivity contribution in [2.45, 2.75) is 31.8 Å². The molecule has 90 valence electrons. The number of halogens is 2. The lowest BCUT2D eigenvalue weighted by atomic mass is 10.2. The van der Waals surface area contributed by atoms with E-state index in [1.165, 1.54) is 16.2 Å². The summed E-state index contributed by atoms with van der Waals surface area (Å²) in [5, 5.41) is 9.75. The Labute approximate surface area is 96.7 Å². The molecule has 1 aliphatic carbocycles. The van der Waals surface area contributed by atoms with E-state index in [4.69, 9.17) is 0 Å². The van der Waals surface area contributed by atoms with Gasteiger partial charge < -0.3 is 10.0 Å². The zero-order valence-electron chi connectivity index (χ0n) is 8.99. The highest BCUT2D eigenvalue weighted by Crippen LogP contribution is 2.44. The van der Waals surface area contributed by atoms with Crippen LogP contribution < -0.4 is 4.90 Å². The van der Waals surface area contributed by atoms with Crippen molar-refractivity contribution < 1.29 is 13.9 Å². The smallest absolute Gasteiger partial charge is 0.255 e. The number of aliphatic hydroxyl groups excluding tert-OH is 1. The van der Waals surface area contributed by atoms with Crippen molar-refractivity contribution in [1.82, 2.24) is 4.98 Å². The van der Waals surface area contributed by atoms with E-state index in [0.29, 0.717) is 11.0 Å². The Hall–Kier alpha value is -0.750. The van der Waals surface area contributed by atoms with Gasteiger partial charge in [0.15, 0.2) is 5.13 Å². The van der Waals surface area contributed by atoms with Crippen molar-refractivity contribution in [3.8, 4) is 0 Å². The fourth-order valence-electron chi connectivity index (χ4n) is 1.59. The van der Waals surface area contributed by atoms with E-state index in [9.17, 15) is 13.9 Å². The SMILES string of the molecule is CN(CC(F)F)c1nc(C2CC2)c(CO)s1. The van der Waals surface area contributed by atoms with Crippen LogP contribution in [0.1, 0.15) is 29.3 Å². The highest BCUT2D eigenvalue weighted by Gasteiger charge is 2.30. The van der Waals surface area contributed by atoms with Crippen LogP contribution in [0, 0.1) is 0 Å². The van der Waals surface area contributed by atoms with Crippen molar-refractivity contribution in [3.05, 3.63) is 10.6 Å². The lowest BCUT2D eigenvalue weighted by Crippen LogP contribution is -2.23. The summed E-state index contributed by atoms with van der Waals surface area (Å²) in [6, 6.07) is 0. The summed E-state index contributed by atoms with van der Waals surface area (Å²) in [6.07, 6.45) is -0.181. The summed E-state index contributed by atoms with van der Waals surface area (Å²) < 4.78 is 24.4. The van der Waals surface area contributed by atoms with Crippen LogP contribution in [0.2, 0.25) is 0 Å². The molecular formula is C10H14F2N2OS. The minimum absolute atomic E-state index is 0.0496. The first kappa shape index (κ1) is 11.7. The first-order chi connectivity index (χ1) is 7.61. The third-order valence-electron chi connectivity index (χ3n) is 2.56. The van der Waals surface area contributed by atoms with Crippen molar-refractivity contribution in [1.29, 1.82) is 0 Å². The summed E-state index contributed by atoms with van der Waals surface area (Å²) >= 11 is 1.31. The highest BCUT2D eigenvalue weighted by atomic mass is 32.1. The second-order valence-electron chi connectivity index (χ2n) is 4.01. The summed E-state index contributed by atoms with van der Waals surface area (Å²) in [7, 11) is 1.60. The van der Waals surface area contributed by atoms with Crippen LogP contribution in [0.3, 0.4) is 0 Å². The second kappa shape index (κ2) is 4.63. The molecule has 0 aromatic carbocycles. The lowest BCUT2D eigenvalue weighted by Gasteiger charge is -2.14. The molecule has 0 saturated heterocycles. The molecule has 1 aromatic heterocycles. The number of alkyl halides is 2. The van der Waals surface area contributed by atoms with Gasteiger partial charge in [-0.2, -0.15) is 0 Å². The molecule has 1 aliphatic rings. The Bertz CT molecular complexity index is 366. The van der Waals surface area contributed by atoms with Gasteiger partial charge in [0.25, 0.3) is 6.43 Å². The fourth-order valence-corrected chi connectivity index (χ4v) is 2.56. The molecule has 3 nitrogen and oxygen atoms in total. The third-order valence-corrected chi connectivity index (χ3v) is 3.73. The maximum Gasteiger partial charge on any atom is 0.255 e. The molecule has 0 atom stereocenters. The van der Waals surface area contributed by atoms with Crippen LogP contribution in [0.25, 0.3) is 0 Å². The summed E-state index contributed by atoms with van der Waals surface area (Å²) in [4.78, 5) is 6.61. The minimum atomic E-state index is -2.36. The largest absolute Gasteiger partial charge is 0.391 e. The van der Waals surface area contributed by atoms with Gasteiger partial charge in [0.1, 0.15) is 0 Å². The molecule has 0 unspecified atom stereocenters. The van der Waals surface area contributed by atoms with E-state index in [-0.39, 0.29) is 13.2 Å². The molecular weight excluding hydrogens is 234 g/mol. The molecule has 6 heteroatoms. The molecule has 0 aliphatic heterocycles. The number of hydrogen-bond acceptors (Lipinski definition) is 4. The number of nitrogens with zero attached hydrogens (tertiary/aromatic N) is 2. The Kier molecular flexibility index (Phi) is 3.39. The van der Waals surface area contributed by atoms with Crippen molar-refractivity contribution >= 4 is 16.5 Å². The number of aromatic nitrogens is 1. The van der Waals surface area contributed by atoms with E-state index >= 15 is 0 Å². The predicted molar refractivity (Wildman–Crippen MR) is 59.3 cm³/mol. The van der Waals surface area contributed by atoms with Gasteiger partial charge in [-0.3, -0.25) is 0 Å². The Morgan fingerprint density at radius 3 is 2.75 bits per heavy atom. The van der Waals surface area contributed by atoms with Gasteiger partial charge in [-0.1, -0.05) is 11.3 Å². The van der Waals surface area contributed by atoms with Crippen LogP contribution in [-0.2, 0) is 6.61 Å². The van der Waals surface area contributed by atoms with Gasteiger partial charge in [-0.25, -0.2) is 13.8 Å². The molecule has 0 bridgehead atoms. The van der Waals surface area contributed by atoms with Gasteiger partial charge in [0, 0.05) is 13.0 Å². The monoisotopic (exact) mass is 248 g/mol. The van der Waals surface area contributed by atoms with E-state index < -0.39 is 6.43 Å². The van der Waals surface area contributed by atoms with Crippen LogP contribution in [0.4, 0.5) is 13.9 Å².